The van der Waals surface area contributed by atoms with E-state index in [-0.39, 0.29) is 0 Å². The molecule has 0 saturated heterocycles. The third kappa shape index (κ3) is 3.03. The van der Waals surface area contributed by atoms with Gasteiger partial charge in [-0.25, -0.2) is 0 Å². The molecule has 0 radical (unpaired) electrons. The van der Waals surface area contributed by atoms with Gasteiger partial charge in [0, 0.05) is 65.2 Å². The van der Waals surface area contributed by atoms with E-state index in [1.54, 1.807) is 22.7 Å². The Morgan fingerprint density at radius 1 is 0.513 bits per heavy atom. The fourth-order valence-corrected chi connectivity index (χ4v) is 8.24. The molecule has 182 valence electrons. The highest BCUT2D eigenvalue weighted by Crippen LogP contribution is 2.44. The summed E-state index contributed by atoms with van der Waals surface area (Å²) in [7, 11) is 0. The maximum absolute atomic E-state index is 6.53. The number of hydrogen-bond donors (Lipinski definition) is 0. The van der Waals surface area contributed by atoms with Gasteiger partial charge in [-0.05, 0) is 48.5 Å². The highest BCUT2D eigenvalue weighted by molar-refractivity contribution is 7.26. The van der Waals surface area contributed by atoms with Gasteiger partial charge < -0.3 is 4.42 Å². The van der Waals surface area contributed by atoms with Crippen LogP contribution in [0.1, 0.15) is 0 Å². The summed E-state index contributed by atoms with van der Waals surface area (Å²) >= 11 is 3.59. The van der Waals surface area contributed by atoms with E-state index in [0.717, 1.165) is 44.5 Å². The zero-order chi connectivity index (χ0) is 25.5. The van der Waals surface area contributed by atoms with E-state index in [0.29, 0.717) is 0 Å². The van der Waals surface area contributed by atoms with Crippen LogP contribution >= 0.6 is 22.7 Å². The molecule has 9 rings (SSSR count). The second-order valence-corrected chi connectivity index (χ2v) is 11.9. The van der Waals surface area contributed by atoms with Gasteiger partial charge in [-0.2, -0.15) is 0 Å². The van der Waals surface area contributed by atoms with Crippen molar-refractivity contribution in [3.05, 3.63) is 109 Å². The predicted octanol–water partition coefficient (Wildman–Crippen LogP) is 10.4. The Labute approximate surface area is 230 Å². The Balaban J connectivity index is 1.28. The Bertz CT molecular complexity index is 2410. The lowest BCUT2D eigenvalue weighted by molar-refractivity contribution is 0.670. The summed E-state index contributed by atoms with van der Waals surface area (Å²) in [5.41, 5.74) is 5.83. The molecular formula is C34H18N2OS2. The van der Waals surface area contributed by atoms with E-state index in [2.05, 4.69) is 97.1 Å². The fraction of sp³-hybridized carbons (Fsp3) is 0. The first-order valence-electron chi connectivity index (χ1n) is 12.8. The normalized spacial score (nSPS) is 12.1. The Morgan fingerprint density at radius 3 is 1.90 bits per heavy atom. The molecule has 39 heavy (non-hydrogen) atoms. The molecule has 0 spiro atoms. The Hall–Kier alpha value is -4.58. The van der Waals surface area contributed by atoms with Crippen molar-refractivity contribution in [1.29, 1.82) is 0 Å². The molecular weight excluding hydrogens is 517 g/mol. The first-order valence-corrected chi connectivity index (χ1v) is 14.5. The number of aromatic nitrogens is 2. The van der Waals surface area contributed by atoms with Crippen molar-refractivity contribution in [2.24, 2.45) is 0 Å². The zero-order valence-corrected chi connectivity index (χ0v) is 22.1. The van der Waals surface area contributed by atoms with E-state index >= 15 is 0 Å². The lowest BCUT2D eigenvalue weighted by atomic mass is 10.0. The smallest absolute Gasteiger partial charge is 0.144 e. The number of benzene rings is 4. The summed E-state index contributed by atoms with van der Waals surface area (Å²) in [6.07, 6.45) is 3.83. The van der Waals surface area contributed by atoms with E-state index in [4.69, 9.17) is 14.4 Å². The molecule has 5 heteroatoms. The number of pyridine rings is 2. The van der Waals surface area contributed by atoms with Crippen LogP contribution in [0.4, 0.5) is 0 Å². The summed E-state index contributed by atoms with van der Waals surface area (Å²) in [6, 6.07) is 34.2. The van der Waals surface area contributed by atoms with Crippen molar-refractivity contribution < 1.29 is 4.42 Å². The highest BCUT2D eigenvalue weighted by Gasteiger charge is 2.18. The standard InChI is InChI=1S/C34H18N2OS2/c1-3-10-28-20(6-1)23-14-16-35-30(33(23)38-28)19-12-13-27-26(18-19)22-8-5-9-25(32(22)37-27)31-34-24(15-17-36-31)21-7-2-4-11-29(21)39-34/h1-18H. The first kappa shape index (κ1) is 21.4. The van der Waals surface area contributed by atoms with Gasteiger partial charge in [0.25, 0.3) is 0 Å². The highest BCUT2D eigenvalue weighted by atomic mass is 32.1. The van der Waals surface area contributed by atoms with E-state index in [1.165, 1.54) is 40.3 Å². The topological polar surface area (TPSA) is 38.9 Å². The molecule has 0 aliphatic rings. The molecule has 0 unspecified atom stereocenters. The monoisotopic (exact) mass is 534 g/mol. The van der Waals surface area contributed by atoms with Gasteiger partial charge in [0.1, 0.15) is 11.2 Å². The Kier molecular flexibility index (Phi) is 4.36. The third-order valence-electron chi connectivity index (χ3n) is 7.61. The molecule has 5 heterocycles. The quantitative estimate of drug-likeness (QED) is 0.221. The molecule has 9 aromatic rings. The van der Waals surface area contributed by atoms with Crippen LogP contribution in [0.2, 0.25) is 0 Å². The first-order chi connectivity index (χ1) is 19.3. The van der Waals surface area contributed by atoms with Gasteiger partial charge >= 0.3 is 0 Å². The molecule has 0 atom stereocenters. The maximum Gasteiger partial charge on any atom is 0.144 e. The lowest BCUT2D eigenvalue weighted by Crippen LogP contribution is -1.84. The minimum Gasteiger partial charge on any atom is -0.455 e. The number of thiophene rings is 2. The number of hydrogen-bond acceptors (Lipinski definition) is 5. The second kappa shape index (κ2) is 7.96. The molecule has 0 N–H and O–H groups in total. The molecule has 0 saturated carbocycles. The summed E-state index contributed by atoms with van der Waals surface area (Å²) in [5, 5.41) is 7.22. The number of furan rings is 1. The minimum absolute atomic E-state index is 0.869. The van der Waals surface area contributed by atoms with Crippen LogP contribution < -0.4 is 0 Å². The van der Waals surface area contributed by atoms with Crippen molar-refractivity contribution in [3.63, 3.8) is 0 Å². The van der Waals surface area contributed by atoms with Crippen LogP contribution in [0.5, 0.6) is 0 Å². The minimum atomic E-state index is 0.869. The number of para-hydroxylation sites is 1. The SMILES string of the molecule is c1ccc2c(c1)sc1c(-c3ccc4oc5c(-c6nccc7c6sc6ccccc67)cccc5c4c3)nccc12. The van der Waals surface area contributed by atoms with Gasteiger partial charge in [0.2, 0.25) is 0 Å². The molecule has 0 amide bonds. The van der Waals surface area contributed by atoms with Gasteiger partial charge in [0.05, 0.1) is 20.8 Å². The van der Waals surface area contributed by atoms with Crippen molar-refractivity contribution in [2.45, 2.75) is 0 Å². The average Bonchev–Trinajstić information content (AvgIpc) is 3.68. The third-order valence-corrected chi connectivity index (χ3v) is 10.00. The largest absolute Gasteiger partial charge is 0.455 e. The number of rotatable bonds is 2. The second-order valence-electron chi connectivity index (χ2n) is 9.76. The fourth-order valence-electron chi connectivity index (χ4n) is 5.83. The van der Waals surface area contributed by atoms with E-state index in [9.17, 15) is 0 Å². The maximum atomic E-state index is 6.53. The van der Waals surface area contributed by atoms with E-state index < -0.39 is 0 Å². The van der Waals surface area contributed by atoms with Crippen molar-refractivity contribution in [2.75, 3.05) is 0 Å². The summed E-state index contributed by atoms with van der Waals surface area (Å²) in [6.45, 7) is 0. The zero-order valence-electron chi connectivity index (χ0n) is 20.5. The molecule has 0 aliphatic carbocycles. The van der Waals surface area contributed by atoms with Crippen molar-refractivity contribution >= 4 is 85.0 Å². The Morgan fingerprint density at radius 2 is 1.15 bits per heavy atom. The molecule has 5 aromatic heterocycles. The molecule has 0 fully saturated rings. The summed E-state index contributed by atoms with van der Waals surface area (Å²) in [5.74, 6) is 0. The van der Waals surface area contributed by atoms with E-state index in [1.807, 2.05) is 12.4 Å². The number of fused-ring (bicyclic) bond motifs is 9. The average molecular weight is 535 g/mol. The lowest BCUT2D eigenvalue weighted by Gasteiger charge is -2.04. The van der Waals surface area contributed by atoms with Gasteiger partial charge in [-0.3, -0.25) is 9.97 Å². The van der Waals surface area contributed by atoms with Gasteiger partial charge in [0.15, 0.2) is 0 Å². The van der Waals surface area contributed by atoms with Crippen molar-refractivity contribution in [3.8, 4) is 22.5 Å². The predicted molar refractivity (Wildman–Crippen MR) is 166 cm³/mol. The molecule has 4 aromatic carbocycles. The van der Waals surface area contributed by atoms with Gasteiger partial charge in [-0.1, -0.05) is 48.5 Å². The summed E-state index contributed by atoms with van der Waals surface area (Å²) < 4.78 is 11.5. The van der Waals surface area contributed by atoms with Crippen LogP contribution in [0.3, 0.4) is 0 Å². The van der Waals surface area contributed by atoms with Crippen LogP contribution in [0, 0.1) is 0 Å². The molecule has 3 nitrogen and oxygen atoms in total. The molecule has 0 bridgehead atoms. The van der Waals surface area contributed by atoms with Crippen LogP contribution in [0.15, 0.2) is 114 Å². The van der Waals surface area contributed by atoms with Crippen LogP contribution in [-0.2, 0) is 0 Å². The van der Waals surface area contributed by atoms with Crippen LogP contribution in [0.25, 0.3) is 84.8 Å². The number of nitrogens with zero attached hydrogens (tertiary/aromatic N) is 2. The van der Waals surface area contributed by atoms with Gasteiger partial charge in [-0.15, -0.1) is 22.7 Å². The molecule has 0 aliphatic heterocycles. The van der Waals surface area contributed by atoms with Crippen molar-refractivity contribution in [1.82, 2.24) is 9.97 Å². The van der Waals surface area contributed by atoms with Crippen LogP contribution in [-0.4, -0.2) is 9.97 Å². The summed E-state index contributed by atoms with van der Waals surface area (Å²) in [4.78, 5) is 9.69.